The van der Waals surface area contributed by atoms with Gasteiger partial charge in [0.1, 0.15) is 0 Å². The van der Waals surface area contributed by atoms with E-state index in [0.717, 1.165) is 17.1 Å². The maximum atomic E-state index is 11.4. The van der Waals surface area contributed by atoms with Gasteiger partial charge in [0.15, 0.2) is 9.84 Å². The van der Waals surface area contributed by atoms with Crippen LogP contribution in [0.4, 0.5) is 0 Å². The first-order valence-electron chi connectivity index (χ1n) is 7.14. The average molecular weight is 329 g/mol. The van der Waals surface area contributed by atoms with E-state index in [-0.39, 0.29) is 12.1 Å². The Morgan fingerprint density at radius 2 is 1.95 bits per heavy atom. The molecule has 1 atom stereocenters. The molecule has 0 spiro atoms. The largest absolute Gasteiger partial charge is 0.394 e. The van der Waals surface area contributed by atoms with Gasteiger partial charge in [-0.3, -0.25) is 0 Å². The molecular weight excluding hydrogens is 306 g/mol. The van der Waals surface area contributed by atoms with Crippen molar-refractivity contribution in [2.45, 2.75) is 47.6 Å². The lowest BCUT2D eigenvalue weighted by molar-refractivity contribution is 0.169. The summed E-state index contributed by atoms with van der Waals surface area (Å²) in [5, 5.41) is 13.0. The van der Waals surface area contributed by atoms with E-state index in [9.17, 15) is 13.5 Å². The number of hydrogen-bond acceptors (Lipinski definition) is 5. The lowest BCUT2D eigenvalue weighted by Gasteiger charge is -2.28. The van der Waals surface area contributed by atoms with E-state index in [2.05, 4.69) is 12.2 Å². The fourth-order valence-electron chi connectivity index (χ4n) is 2.09. The van der Waals surface area contributed by atoms with Crippen molar-refractivity contribution in [3.63, 3.8) is 0 Å². The highest BCUT2D eigenvalue weighted by Crippen LogP contribution is 2.27. The maximum absolute atomic E-state index is 11.4. The first kappa shape index (κ1) is 16.8. The highest BCUT2D eigenvalue weighted by molar-refractivity contribution is 7.99. The molecular formula is C15H23NO3S2. The molecule has 0 saturated heterocycles. The zero-order valence-electron chi connectivity index (χ0n) is 12.5. The Hall–Kier alpha value is -0.560. The molecule has 1 aromatic rings. The number of nitrogens with one attached hydrogen (secondary N) is 1. The number of aliphatic hydroxyl groups excluding tert-OH is 1. The van der Waals surface area contributed by atoms with Crippen molar-refractivity contribution in [1.82, 2.24) is 5.32 Å². The van der Waals surface area contributed by atoms with E-state index in [0.29, 0.717) is 10.9 Å². The molecule has 0 amide bonds. The number of rotatable bonds is 8. The fraction of sp³-hybridized carbons (Fsp3) is 0.600. The number of benzene rings is 1. The summed E-state index contributed by atoms with van der Waals surface area (Å²) in [4.78, 5) is 1.40. The third kappa shape index (κ3) is 5.29. The van der Waals surface area contributed by atoms with Gasteiger partial charge in [0, 0.05) is 22.7 Å². The van der Waals surface area contributed by atoms with Crippen LogP contribution in [0, 0.1) is 0 Å². The molecule has 1 aliphatic carbocycles. The summed E-state index contributed by atoms with van der Waals surface area (Å²) in [6, 6.07) is 7.54. The topological polar surface area (TPSA) is 66.4 Å². The smallest absolute Gasteiger partial charge is 0.175 e. The molecule has 21 heavy (non-hydrogen) atoms. The predicted molar refractivity (Wildman–Crippen MR) is 86.5 cm³/mol. The van der Waals surface area contributed by atoms with E-state index in [1.54, 1.807) is 23.9 Å². The molecule has 0 heterocycles. The maximum Gasteiger partial charge on any atom is 0.175 e. The zero-order valence-corrected chi connectivity index (χ0v) is 14.1. The van der Waals surface area contributed by atoms with E-state index in [1.807, 2.05) is 12.1 Å². The summed E-state index contributed by atoms with van der Waals surface area (Å²) in [7, 11) is -3.13. The molecule has 2 rings (SSSR count). The van der Waals surface area contributed by atoms with Gasteiger partial charge >= 0.3 is 0 Å². The molecule has 0 radical (unpaired) electrons. The Morgan fingerprint density at radius 1 is 1.33 bits per heavy atom. The molecule has 1 aliphatic rings. The third-order valence-electron chi connectivity index (χ3n) is 3.65. The molecule has 0 aliphatic heterocycles. The lowest BCUT2D eigenvalue weighted by atomic mass is 10.0. The summed E-state index contributed by atoms with van der Waals surface area (Å²) < 4.78 is 22.8. The second-order valence-corrected chi connectivity index (χ2v) is 9.16. The van der Waals surface area contributed by atoms with Crippen LogP contribution in [0.3, 0.4) is 0 Å². The molecule has 1 unspecified atom stereocenters. The normalized spacial score (nSPS) is 18.4. The van der Waals surface area contributed by atoms with Crippen LogP contribution in [0.25, 0.3) is 0 Å². The lowest BCUT2D eigenvalue weighted by Crippen LogP contribution is -2.47. The van der Waals surface area contributed by atoms with Gasteiger partial charge in [-0.2, -0.15) is 0 Å². The van der Waals surface area contributed by atoms with Crippen LogP contribution >= 0.6 is 11.8 Å². The van der Waals surface area contributed by atoms with Crippen LogP contribution < -0.4 is 5.32 Å². The molecule has 118 valence electrons. The molecule has 0 aromatic heterocycles. The van der Waals surface area contributed by atoms with Gasteiger partial charge in [-0.25, -0.2) is 8.42 Å². The van der Waals surface area contributed by atoms with Gasteiger partial charge in [-0.05, 0) is 56.2 Å². The second-order valence-electron chi connectivity index (χ2n) is 5.98. The van der Waals surface area contributed by atoms with Crippen molar-refractivity contribution in [3.8, 4) is 0 Å². The highest BCUT2D eigenvalue weighted by Gasteiger charge is 2.31. The molecule has 6 heteroatoms. The number of aliphatic hydroxyl groups is 1. The summed E-state index contributed by atoms with van der Waals surface area (Å²) in [5.41, 5.74) is -0.221. The predicted octanol–water partition coefficient (Wildman–Crippen LogP) is 2.08. The van der Waals surface area contributed by atoms with Crippen LogP contribution in [-0.2, 0) is 9.84 Å². The Bertz CT molecular complexity index is 567. The van der Waals surface area contributed by atoms with Gasteiger partial charge in [0.2, 0.25) is 0 Å². The van der Waals surface area contributed by atoms with Crippen LogP contribution in [0.15, 0.2) is 34.1 Å². The Kier molecular flexibility index (Phi) is 5.35. The number of sulfone groups is 1. The number of thioether (sulfide) groups is 1. The Morgan fingerprint density at radius 3 is 2.43 bits per heavy atom. The quantitative estimate of drug-likeness (QED) is 0.715. The standard InChI is InChI=1S/C15H23NO3S2/c1-15(11-17,16-12-3-4-12)9-10-20-13-5-7-14(8-6-13)21(2,18)19/h5-8,12,16-17H,3-4,9-11H2,1-2H3. The van der Waals surface area contributed by atoms with Gasteiger partial charge in [0.25, 0.3) is 0 Å². The Labute approximate surface area is 131 Å². The van der Waals surface area contributed by atoms with Crippen molar-refractivity contribution in [2.24, 2.45) is 0 Å². The monoisotopic (exact) mass is 329 g/mol. The minimum Gasteiger partial charge on any atom is -0.394 e. The van der Waals surface area contributed by atoms with Gasteiger partial charge in [-0.15, -0.1) is 11.8 Å². The van der Waals surface area contributed by atoms with Crippen LogP contribution in [0.2, 0.25) is 0 Å². The molecule has 0 bridgehead atoms. The SMILES string of the molecule is CC(CO)(CCSc1ccc(S(C)(=O)=O)cc1)NC1CC1. The van der Waals surface area contributed by atoms with E-state index >= 15 is 0 Å². The molecule has 1 fully saturated rings. The minimum absolute atomic E-state index is 0.136. The first-order valence-corrected chi connectivity index (χ1v) is 10.0. The van der Waals surface area contributed by atoms with Crippen LogP contribution in [-0.4, -0.2) is 43.7 Å². The highest BCUT2D eigenvalue weighted by atomic mass is 32.2. The first-order chi connectivity index (χ1) is 9.82. The number of hydrogen-bond donors (Lipinski definition) is 2. The van der Waals surface area contributed by atoms with E-state index in [4.69, 9.17) is 0 Å². The van der Waals surface area contributed by atoms with Gasteiger partial charge < -0.3 is 10.4 Å². The van der Waals surface area contributed by atoms with Gasteiger partial charge in [0.05, 0.1) is 11.5 Å². The third-order valence-corrected chi connectivity index (χ3v) is 5.80. The summed E-state index contributed by atoms with van der Waals surface area (Å²) in [5.74, 6) is 0.884. The van der Waals surface area contributed by atoms with Crippen LogP contribution in [0.1, 0.15) is 26.2 Å². The molecule has 1 aromatic carbocycles. The van der Waals surface area contributed by atoms with Crippen molar-refractivity contribution in [3.05, 3.63) is 24.3 Å². The zero-order chi connectivity index (χ0) is 15.5. The van der Waals surface area contributed by atoms with E-state index in [1.165, 1.54) is 19.1 Å². The van der Waals surface area contributed by atoms with Crippen molar-refractivity contribution < 1.29 is 13.5 Å². The van der Waals surface area contributed by atoms with Gasteiger partial charge in [-0.1, -0.05) is 0 Å². The van der Waals surface area contributed by atoms with Crippen LogP contribution in [0.5, 0.6) is 0 Å². The molecule has 1 saturated carbocycles. The molecule has 2 N–H and O–H groups in total. The summed E-state index contributed by atoms with van der Waals surface area (Å²) >= 11 is 1.68. The summed E-state index contributed by atoms with van der Waals surface area (Å²) in [6.45, 7) is 2.19. The second kappa shape index (κ2) is 6.69. The van der Waals surface area contributed by atoms with Crippen molar-refractivity contribution >= 4 is 21.6 Å². The molecule has 4 nitrogen and oxygen atoms in total. The summed E-state index contributed by atoms with van der Waals surface area (Å²) in [6.07, 6.45) is 4.50. The van der Waals surface area contributed by atoms with Crippen molar-refractivity contribution in [1.29, 1.82) is 0 Å². The van der Waals surface area contributed by atoms with E-state index < -0.39 is 9.84 Å². The Balaban J connectivity index is 1.85. The average Bonchev–Trinajstić information content (AvgIpc) is 3.22. The minimum atomic E-state index is -3.13. The van der Waals surface area contributed by atoms with Crippen molar-refractivity contribution in [2.75, 3.05) is 18.6 Å². The fourth-order valence-corrected chi connectivity index (χ4v) is 3.84.